The molecule has 0 bridgehead atoms. The van der Waals surface area contributed by atoms with E-state index >= 15 is 0 Å². The lowest BCUT2D eigenvalue weighted by molar-refractivity contribution is -0.148. The molecule has 1 fully saturated rings. The average Bonchev–Trinajstić information content (AvgIpc) is 2.47. The summed E-state index contributed by atoms with van der Waals surface area (Å²) in [4.78, 5) is 0. The largest absolute Gasteiger partial charge is 0.491 e. The summed E-state index contributed by atoms with van der Waals surface area (Å²) in [7, 11) is 1.97. The van der Waals surface area contributed by atoms with E-state index in [0.29, 0.717) is 19.3 Å². The summed E-state index contributed by atoms with van der Waals surface area (Å²) in [6.45, 7) is 4.09. The highest BCUT2D eigenvalue weighted by molar-refractivity contribution is 5.20. The molecule has 0 amide bonds. The Labute approximate surface area is 121 Å². The predicted molar refractivity (Wildman–Crippen MR) is 79.2 cm³/mol. The van der Waals surface area contributed by atoms with E-state index in [4.69, 9.17) is 14.2 Å². The molecule has 1 aromatic carbocycles. The maximum atomic E-state index is 5.85. The topological polar surface area (TPSA) is 39.7 Å². The quantitative estimate of drug-likeness (QED) is 0.704. The first-order valence-corrected chi connectivity index (χ1v) is 7.43. The van der Waals surface area contributed by atoms with Crippen LogP contribution in [-0.4, -0.2) is 45.1 Å². The fourth-order valence-electron chi connectivity index (χ4n) is 2.38. The summed E-state index contributed by atoms with van der Waals surface area (Å²) in [6.07, 6.45) is 2.42. The maximum absolute atomic E-state index is 5.85. The molecule has 4 heteroatoms. The van der Waals surface area contributed by atoms with Crippen molar-refractivity contribution in [2.45, 2.75) is 38.0 Å². The highest BCUT2D eigenvalue weighted by Crippen LogP contribution is 2.27. The molecule has 0 heterocycles. The van der Waals surface area contributed by atoms with Crippen LogP contribution in [0.25, 0.3) is 0 Å². The lowest BCUT2D eigenvalue weighted by atomic mass is 9.85. The summed E-state index contributed by atoms with van der Waals surface area (Å²) < 4.78 is 17.3. The van der Waals surface area contributed by atoms with Crippen molar-refractivity contribution >= 4 is 0 Å². The van der Waals surface area contributed by atoms with Crippen LogP contribution in [0.3, 0.4) is 0 Å². The van der Waals surface area contributed by atoms with Crippen LogP contribution >= 0.6 is 0 Å². The molecule has 2 rings (SSSR count). The Morgan fingerprint density at radius 3 is 2.60 bits per heavy atom. The molecule has 1 N–H and O–H groups in total. The summed E-state index contributed by atoms with van der Waals surface area (Å²) in [5.74, 6) is 0.886. The molecule has 1 aliphatic carbocycles. The number of hydrogen-bond donors (Lipinski definition) is 1. The summed E-state index contributed by atoms with van der Waals surface area (Å²) in [5.41, 5.74) is 0. The van der Waals surface area contributed by atoms with Gasteiger partial charge in [0, 0.05) is 12.6 Å². The third kappa shape index (κ3) is 4.20. The van der Waals surface area contributed by atoms with Gasteiger partial charge in [-0.25, -0.2) is 0 Å². The second kappa shape index (κ2) is 8.25. The minimum Gasteiger partial charge on any atom is -0.491 e. The van der Waals surface area contributed by atoms with Crippen molar-refractivity contribution < 1.29 is 14.2 Å². The smallest absolute Gasteiger partial charge is 0.119 e. The van der Waals surface area contributed by atoms with Crippen molar-refractivity contribution in [3.63, 3.8) is 0 Å². The summed E-state index contributed by atoms with van der Waals surface area (Å²) >= 11 is 0. The highest BCUT2D eigenvalue weighted by atomic mass is 16.6. The Balaban J connectivity index is 1.63. The van der Waals surface area contributed by atoms with Crippen LogP contribution in [0.15, 0.2) is 30.3 Å². The van der Waals surface area contributed by atoms with Crippen LogP contribution in [0.5, 0.6) is 5.75 Å². The van der Waals surface area contributed by atoms with Crippen molar-refractivity contribution in [2.75, 3.05) is 26.9 Å². The van der Waals surface area contributed by atoms with Crippen LogP contribution in [0.4, 0.5) is 0 Å². The van der Waals surface area contributed by atoms with Crippen molar-refractivity contribution in [3.05, 3.63) is 30.3 Å². The number of benzene rings is 1. The van der Waals surface area contributed by atoms with Gasteiger partial charge in [-0.15, -0.1) is 0 Å². The zero-order chi connectivity index (χ0) is 14.2. The molecule has 112 valence electrons. The molecule has 4 nitrogen and oxygen atoms in total. The second-order valence-corrected chi connectivity index (χ2v) is 5.04. The van der Waals surface area contributed by atoms with Crippen LogP contribution < -0.4 is 10.1 Å². The van der Waals surface area contributed by atoms with Crippen molar-refractivity contribution in [1.82, 2.24) is 5.32 Å². The Hall–Kier alpha value is -1.10. The molecule has 0 radical (unpaired) electrons. The molecule has 0 aromatic heterocycles. The lowest BCUT2D eigenvalue weighted by Gasteiger charge is -2.43. The first-order chi connectivity index (χ1) is 9.85. The first kappa shape index (κ1) is 15.3. The van der Waals surface area contributed by atoms with Gasteiger partial charge in [0.05, 0.1) is 18.8 Å². The fraction of sp³-hybridized carbons (Fsp3) is 0.625. The predicted octanol–water partition coefficient (Wildman–Crippen LogP) is 2.24. The van der Waals surface area contributed by atoms with Crippen LogP contribution in [0.1, 0.15) is 19.8 Å². The minimum atomic E-state index is 0.177. The van der Waals surface area contributed by atoms with Crippen molar-refractivity contribution in [3.8, 4) is 5.75 Å². The van der Waals surface area contributed by atoms with E-state index in [1.54, 1.807) is 0 Å². The standard InChI is InChI=1S/C16H25NO3/c1-3-9-20-16-14(17-2)12-15(16)19-11-10-18-13-7-5-4-6-8-13/h4-8,14-17H,3,9-12H2,1-2H3. The summed E-state index contributed by atoms with van der Waals surface area (Å²) in [6, 6.07) is 10.2. The van der Waals surface area contributed by atoms with Gasteiger partial charge in [0.25, 0.3) is 0 Å². The number of ether oxygens (including phenoxy) is 3. The van der Waals surface area contributed by atoms with Gasteiger partial charge in [-0.05, 0) is 32.0 Å². The Bertz CT molecular complexity index is 371. The number of nitrogens with one attached hydrogen (secondary N) is 1. The van der Waals surface area contributed by atoms with E-state index in [-0.39, 0.29) is 12.2 Å². The van der Waals surface area contributed by atoms with Crippen molar-refractivity contribution in [1.29, 1.82) is 0 Å². The van der Waals surface area contributed by atoms with Crippen LogP contribution in [0, 0.1) is 0 Å². The molecule has 1 aliphatic rings. The van der Waals surface area contributed by atoms with E-state index in [0.717, 1.165) is 25.2 Å². The maximum Gasteiger partial charge on any atom is 0.119 e. The first-order valence-electron chi connectivity index (χ1n) is 7.43. The van der Waals surface area contributed by atoms with Gasteiger partial charge in [0.1, 0.15) is 12.4 Å². The van der Waals surface area contributed by atoms with E-state index in [9.17, 15) is 0 Å². The highest BCUT2D eigenvalue weighted by Gasteiger charge is 2.41. The Kier molecular flexibility index (Phi) is 6.30. The Morgan fingerprint density at radius 2 is 1.90 bits per heavy atom. The SMILES string of the molecule is CCCOC1C(NC)CC1OCCOc1ccccc1. The monoisotopic (exact) mass is 279 g/mol. The molecule has 0 aliphatic heterocycles. The van der Waals surface area contributed by atoms with Gasteiger partial charge >= 0.3 is 0 Å². The molecular weight excluding hydrogens is 254 g/mol. The third-order valence-electron chi connectivity index (χ3n) is 3.56. The number of likely N-dealkylation sites (N-methyl/N-ethyl adjacent to an activating group) is 1. The van der Waals surface area contributed by atoms with E-state index in [1.807, 2.05) is 37.4 Å². The van der Waals surface area contributed by atoms with Crippen LogP contribution in [0.2, 0.25) is 0 Å². The minimum absolute atomic E-state index is 0.177. The van der Waals surface area contributed by atoms with Gasteiger partial charge in [-0.2, -0.15) is 0 Å². The number of para-hydroxylation sites is 1. The van der Waals surface area contributed by atoms with Crippen LogP contribution in [-0.2, 0) is 9.47 Å². The molecule has 1 aromatic rings. The second-order valence-electron chi connectivity index (χ2n) is 5.04. The van der Waals surface area contributed by atoms with Gasteiger partial charge in [0.15, 0.2) is 0 Å². The normalized spacial score (nSPS) is 25.2. The van der Waals surface area contributed by atoms with Crippen molar-refractivity contribution in [2.24, 2.45) is 0 Å². The molecular formula is C16H25NO3. The van der Waals surface area contributed by atoms with Gasteiger partial charge in [-0.1, -0.05) is 25.1 Å². The fourth-order valence-corrected chi connectivity index (χ4v) is 2.38. The Morgan fingerprint density at radius 1 is 1.10 bits per heavy atom. The molecule has 0 spiro atoms. The van der Waals surface area contributed by atoms with E-state index in [1.165, 1.54) is 0 Å². The average molecular weight is 279 g/mol. The number of hydrogen-bond acceptors (Lipinski definition) is 4. The molecule has 3 atom stereocenters. The number of rotatable bonds is 9. The molecule has 1 saturated carbocycles. The molecule has 3 unspecified atom stereocenters. The van der Waals surface area contributed by atoms with E-state index < -0.39 is 0 Å². The molecule has 20 heavy (non-hydrogen) atoms. The summed E-state index contributed by atoms with van der Waals surface area (Å²) in [5, 5.41) is 3.27. The third-order valence-corrected chi connectivity index (χ3v) is 3.56. The zero-order valence-electron chi connectivity index (χ0n) is 12.4. The van der Waals surface area contributed by atoms with Gasteiger partial charge in [-0.3, -0.25) is 0 Å². The lowest BCUT2D eigenvalue weighted by Crippen LogP contribution is -2.59. The van der Waals surface area contributed by atoms with Gasteiger partial charge in [0.2, 0.25) is 0 Å². The zero-order valence-corrected chi connectivity index (χ0v) is 12.4. The molecule has 0 saturated heterocycles. The van der Waals surface area contributed by atoms with E-state index in [2.05, 4.69) is 12.2 Å². The van der Waals surface area contributed by atoms with Gasteiger partial charge < -0.3 is 19.5 Å².